The van der Waals surface area contributed by atoms with Crippen molar-refractivity contribution in [2.24, 2.45) is 11.8 Å². The van der Waals surface area contributed by atoms with Crippen LogP contribution in [-0.4, -0.2) is 26.4 Å². The molecule has 2 atom stereocenters. The van der Waals surface area contributed by atoms with Gasteiger partial charge in [0.15, 0.2) is 11.6 Å². The number of H-pyrrole nitrogens is 1. The highest BCUT2D eigenvalue weighted by Gasteiger charge is 2.46. The fourth-order valence-corrected chi connectivity index (χ4v) is 3.07. The smallest absolute Gasteiger partial charge is 0.178 e. The number of hydrogen-bond acceptors (Lipinski definition) is 4. The van der Waals surface area contributed by atoms with Gasteiger partial charge in [-0.15, -0.1) is 10.2 Å². The lowest BCUT2D eigenvalue weighted by Crippen LogP contribution is -2.04. The number of rotatable bonds is 5. The van der Waals surface area contributed by atoms with Crippen LogP contribution in [0.3, 0.4) is 0 Å². The molecule has 1 N–H and O–H groups in total. The number of tetrazole rings is 1. The van der Waals surface area contributed by atoms with Crippen LogP contribution in [0.5, 0.6) is 0 Å². The van der Waals surface area contributed by atoms with E-state index < -0.39 is 0 Å². The third kappa shape index (κ3) is 2.58. The van der Waals surface area contributed by atoms with Gasteiger partial charge in [0.05, 0.1) is 0 Å². The zero-order valence-electron chi connectivity index (χ0n) is 11.4. The van der Waals surface area contributed by atoms with E-state index in [0.29, 0.717) is 16.4 Å². The molecule has 0 unspecified atom stereocenters. The Kier molecular flexibility index (Phi) is 3.03. The van der Waals surface area contributed by atoms with Crippen molar-refractivity contribution >= 4 is 17.4 Å². The number of nitrogens with zero attached hydrogens (tertiary/aromatic N) is 3. The van der Waals surface area contributed by atoms with Gasteiger partial charge in [0, 0.05) is 22.4 Å². The lowest BCUT2D eigenvalue weighted by atomic mass is 10.0. The number of benzene rings is 1. The van der Waals surface area contributed by atoms with Crippen LogP contribution in [0, 0.1) is 11.8 Å². The standard InChI is InChI=1S/C15H15ClN4O/c16-13-6-10(4-3-9(13)5-8-1-2-8)14(21)11-7-12(11)15-17-19-20-18-15/h3-4,6,8,11-12H,1-2,5,7H2,(H,17,18,19,20)/t11-,12-/m0/s1. The molecule has 108 valence electrons. The highest BCUT2D eigenvalue weighted by molar-refractivity contribution is 6.31. The molecular weight excluding hydrogens is 288 g/mol. The lowest BCUT2D eigenvalue weighted by molar-refractivity contribution is 0.0965. The molecule has 2 saturated carbocycles. The van der Waals surface area contributed by atoms with Gasteiger partial charge in [0.25, 0.3) is 0 Å². The van der Waals surface area contributed by atoms with Gasteiger partial charge in [-0.2, -0.15) is 5.21 Å². The van der Waals surface area contributed by atoms with Crippen molar-refractivity contribution in [2.75, 3.05) is 0 Å². The van der Waals surface area contributed by atoms with Crippen molar-refractivity contribution in [1.29, 1.82) is 0 Å². The van der Waals surface area contributed by atoms with E-state index >= 15 is 0 Å². The highest BCUT2D eigenvalue weighted by Crippen LogP contribution is 2.47. The monoisotopic (exact) mass is 302 g/mol. The molecule has 2 fully saturated rings. The lowest BCUT2D eigenvalue weighted by Gasteiger charge is -2.06. The van der Waals surface area contributed by atoms with Gasteiger partial charge in [-0.25, -0.2) is 0 Å². The molecule has 6 heteroatoms. The van der Waals surface area contributed by atoms with Gasteiger partial charge in [0.2, 0.25) is 0 Å². The Labute approximate surface area is 127 Å². The topological polar surface area (TPSA) is 71.5 Å². The number of ketones is 1. The summed E-state index contributed by atoms with van der Waals surface area (Å²) in [5, 5.41) is 14.6. The van der Waals surface area contributed by atoms with Gasteiger partial charge in [-0.05, 0) is 43.2 Å². The van der Waals surface area contributed by atoms with Gasteiger partial charge < -0.3 is 0 Å². The van der Waals surface area contributed by atoms with E-state index in [9.17, 15) is 4.79 Å². The van der Waals surface area contributed by atoms with Crippen molar-refractivity contribution < 1.29 is 4.79 Å². The first-order chi connectivity index (χ1) is 10.2. The third-order valence-corrected chi connectivity index (χ3v) is 4.72. The molecule has 0 aliphatic heterocycles. The zero-order chi connectivity index (χ0) is 14.4. The second-order valence-corrected chi connectivity index (χ2v) is 6.44. The van der Waals surface area contributed by atoms with Crippen LogP contribution in [0.2, 0.25) is 5.02 Å². The first kappa shape index (κ1) is 13.0. The van der Waals surface area contributed by atoms with E-state index in [2.05, 4.69) is 20.6 Å². The van der Waals surface area contributed by atoms with Crippen molar-refractivity contribution in [1.82, 2.24) is 20.6 Å². The number of aromatic nitrogens is 4. The quantitative estimate of drug-likeness (QED) is 0.862. The minimum absolute atomic E-state index is 0.0343. The second-order valence-electron chi connectivity index (χ2n) is 6.04. The number of nitrogens with one attached hydrogen (secondary N) is 1. The van der Waals surface area contributed by atoms with Crippen molar-refractivity contribution in [3.8, 4) is 0 Å². The Bertz CT molecular complexity index is 681. The number of halogens is 1. The molecule has 1 aromatic carbocycles. The molecule has 0 saturated heterocycles. The maximum absolute atomic E-state index is 12.5. The fourth-order valence-electron chi connectivity index (χ4n) is 2.81. The van der Waals surface area contributed by atoms with E-state index in [1.54, 1.807) is 0 Å². The highest BCUT2D eigenvalue weighted by atomic mass is 35.5. The molecule has 2 aromatic rings. The number of aromatic amines is 1. The minimum Gasteiger partial charge on any atom is -0.294 e. The summed E-state index contributed by atoms with van der Waals surface area (Å²) in [6.07, 6.45) is 4.42. The average molecular weight is 303 g/mol. The normalized spacial score (nSPS) is 24.0. The van der Waals surface area contributed by atoms with Crippen molar-refractivity contribution in [3.05, 3.63) is 40.2 Å². The Morgan fingerprint density at radius 3 is 2.90 bits per heavy atom. The molecule has 2 aliphatic rings. The number of Topliss-reactive ketones (excluding diaryl/α,β-unsaturated/α-hetero) is 1. The van der Waals surface area contributed by atoms with E-state index in [1.165, 1.54) is 12.8 Å². The summed E-state index contributed by atoms with van der Waals surface area (Å²) in [5.74, 6) is 1.61. The summed E-state index contributed by atoms with van der Waals surface area (Å²) >= 11 is 6.31. The SMILES string of the molecule is O=C(c1ccc(CC2CC2)c(Cl)c1)[C@H]1C[C@@H]1c1nn[nH]n1. The van der Waals surface area contributed by atoms with Crippen molar-refractivity contribution in [2.45, 2.75) is 31.6 Å². The first-order valence-corrected chi connectivity index (χ1v) is 7.66. The molecule has 21 heavy (non-hydrogen) atoms. The molecule has 0 amide bonds. The minimum atomic E-state index is -0.0343. The fraction of sp³-hybridized carbons (Fsp3) is 0.467. The molecule has 0 bridgehead atoms. The van der Waals surface area contributed by atoms with Gasteiger partial charge in [-0.1, -0.05) is 28.9 Å². The van der Waals surface area contributed by atoms with E-state index in [4.69, 9.17) is 11.6 Å². The predicted molar refractivity (Wildman–Crippen MR) is 77.2 cm³/mol. The molecule has 1 aromatic heterocycles. The zero-order valence-corrected chi connectivity index (χ0v) is 12.2. The van der Waals surface area contributed by atoms with Crippen LogP contribution in [-0.2, 0) is 6.42 Å². The van der Waals surface area contributed by atoms with Crippen LogP contribution in [0.1, 0.15) is 46.9 Å². The van der Waals surface area contributed by atoms with E-state index in [0.717, 1.165) is 24.3 Å². The Morgan fingerprint density at radius 1 is 1.38 bits per heavy atom. The van der Waals surface area contributed by atoms with Crippen LogP contribution >= 0.6 is 11.6 Å². The van der Waals surface area contributed by atoms with Crippen LogP contribution in [0.4, 0.5) is 0 Å². The van der Waals surface area contributed by atoms with Crippen LogP contribution < -0.4 is 0 Å². The first-order valence-electron chi connectivity index (χ1n) is 7.28. The summed E-state index contributed by atoms with van der Waals surface area (Å²) < 4.78 is 0. The number of carbonyl (C=O) groups is 1. The van der Waals surface area contributed by atoms with Crippen LogP contribution in [0.15, 0.2) is 18.2 Å². The number of hydrogen-bond donors (Lipinski definition) is 1. The predicted octanol–water partition coefficient (Wildman–Crippen LogP) is 2.79. The third-order valence-electron chi connectivity index (χ3n) is 4.36. The van der Waals surface area contributed by atoms with Gasteiger partial charge >= 0.3 is 0 Å². The Hall–Kier alpha value is -1.75. The molecule has 2 aliphatic carbocycles. The summed E-state index contributed by atoms with van der Waals surface area (Å²) in [4.78, 5) is 12.5. The Morgan fingerprint density at radius 2 is 2.24 bits per heavy atom. The average Bonchev–Trinajstić information content (AvgIpc) is 3.41. The largest absolute Gasteiger partial charge is 0.294 e. The molecular formula is C15H15ClN4O. The Balaban J connectivity index is 1.48. The molecule has 0 spiro atoms. The van der Waals surface area contributed by atoms with Gasteiger partial charge in [0.1, 0.15) is 0 Å². The summed E-state index contributed by atoms with van der Waals surface area (Å²) in [6, 6.07) is 5.71. The van der Waals surface area contributed by atoms with Crippen LogP contribution in [0.25, 0.3) is 0 Å². The summed E-state index contributed by atoms with van der Waals surface area (Å²) in [6.45, 7) is 0. The van der Waals surface area contributed by atoms with E-state index in [-0.39, 0.29) is 17.6 Å². The molecule has 5 nitrogen and oxygen atoms in total. The second kappa shape index (κ2) is 4.91. The van der Waals surface area contributed by atoms with Crippen molar-refractivity contribution in [3.63, 3.8) is 0 Å². The molecule has 1 heterocycles. The number of carbonyl (C=O) groups excluding carboxylic acids is 1. The summed E-state index contributed by atoms with van der Waals surface area (Å²) in [5.41, 5.74) is 1.84. The molecule has 0 radical (unpaired) electrons. The van der Waals surface area contributed by atoms with Gasteiger partial charge in [-0.3, -0.25) is 4.79 Å². The molecule has 4 rings (SSSR count). The summed E-state index contributed by atoms with van der Waals surface area (Å²) in [7, 11) is 0. The van der Waals surface area contributed by atoms with E-state index in [1.807, 2.05) is 18.2 Å². The maximum atomic E-state index is 12.5. The maximum Gasteiger partial charge on any atom is 0.178 e.